The molecular weight excluding hydrogens is 268 g/mol. The van der Waals surface area contributed by atoms with Crippen LogP contribution in [-0.4, -0.2) is 34.2 Å². The summed E-state index contributed by atoms with van der Waals surface area (Å²) in [4.78, 5) is 19.3. The van der Waals surface area contributed by atoms with Gasteiger partial charge in [0.2, 0.25) is 5.95 Å². The molecule has 0 aliphatic carbocycles. The predicted octanol–water partition coefficient (Wildman–Crippen LogP) is 2.26. The van der Waals surface area contributed by atoms with E-state index in [9.17, 15) is 4.79 Å². The molecule has 3 rings (SSSR count). The molecule has 2 N–H and O–H groups in total. The van der Waals surface area contributed by atoms with E-state index in [0.29, 0.717) is 24.7 Å². The molecule has 0 aliphatic heterocycles. The van der Waals surface area contributed by atoms with Crippen molar-refractivity contribution >= 4 is 22.8 Å². The molecule has 2 aromatic heterocycles. The van der Waals surface area contributed by atoms with Gasteiger partial charge in [-0.3, -0.25) is 10.1 Å². The highest BCUT2D eigenvalue weighted by atomic mass is 16.5. The molecule has 1 amide bonds. The van der Waals surface area contributed by atoms with Gasteiger partial charge in [-0.1, -0.05) is 18.2 Å². The Bertz CT molecular complexity index is 746. The largest absolute Gasteiger partial charge is 0.383 e. The summed E-state index contributed by atoms with van der Waals surface area (Å²) in [7, 11) is 1.66. The van der Waals surface area contributed by atoms with Gasteiger partial charge in [-0.15, -0.1) is 0 Å². The van der Waals surface area contributed by atoms with Crippen LogP contribution in [0.2, 0.25) is 0 Å². The minimum atomic E-state index is -0.183. The monoisotopic (exact) mass is 284 g/mol. The van der Waals surface area contributed by atoms with Crippen molar-refractivity contribution in [1.82, 2.24) is 14.5 Å². The molecule has 2 heterocycles. The Labute approximate surface area is 121 Å². The first-order valence-electron chi connectivity index (χ1n) is 6.67. The van der Waals surface area contributed by atoms with Gasteiger partial charge in [-0.05, 0) is 6.07 Å². The van der Waals surface area contributed by atoms with Crippen LogP contribution in [0, 0.1) is 0 Å². The zero-order chi connectivity index (χ0) is 14.7. The van der Waals surface area contributed by atoms with E-state index in [1.54, 1.807) is 19.5 Å². The summed E-state index contributed by atoms with van der Waals surface area (Å²) in [6.45, 7) is 1.29. The number of nitrogens with one attached hydrogen (secondary N) is 2. The molecule has 0 saturated carbocycles. The first-order valence-corrected chi connectivity index (χ1v) is 6.67. The first kappa shape index (κ1) is 13.4. The summed E-state index contributed by atoms with van der Waals surface area (Å²) in [6, 6.07) is 7.82. The number of benzene rings is 1. The van der Waals surface area contributed by atoms with E-state index >= 15 is 0 Å². The fourth-order valence-corrected chi connectivity index (χ4v) is 2.31. The number of H-pyrrole nitrogens is 1. The lowest BCUT2D eigenvalue weighted by atomic mass is 10.1. The van der Waals surface area contributed by atoms with E-state index in [1.165, 1.54) is 0 Å². The van der Waals surface area contributed by atoms with E-state index < -0.39 is 0 Å². The lowest BCUT2D eigenvalue weighted by Gasteiger charge is -2.03. The van der Waals surface area contributed by atoms with Crippen molar-refractivity contribution in [3.05, 3.63) is 48.4 Å². The van der Waals surface area contributed by atoms with Gasteiger partial charge < -0.3 is 14.3 Å². The second kappa shape index (κ2) is 5.80. The maximum absolute atomic E-state index is 12.4. The van der Waals surface area contributed by atoms with Crippen molar-refractivity contribution in [1.29, 1.82) is 0 Å². The van der Waals surface area contributed by atoms with Gasteiger partial charge in [0.15, 0.2) is 0 Å². The SMILES string of the molecule is COCCn1cc(C(=O)Nc2ncc[nH]2)c2ccccc21. The number of fused-ring (bicyclic) bond motifs is 1. The number of rotatable bonds is 5. The second-order valence-electron chi connectivity index (χ2n) is 4.64. The zero-order valence-corrected chi connectivity index (χ0v) is 11.7. The van der Waals surface area contributed by atoms with Crippen LogP contribution in [0.4, 0.5) is 5.95 Å². The highest BCUT2D eigenvalue weighted by Gasteiger charge is 2.15. The quantitative estimate of drug-likeness (QED) is 0.755. The van der Waals surface area contributed by atoms with Crippen LogP contribution in [0.5, 0.6) is 0 Å². The van der Waals surface area contributed by atoms with E-state index in [4.69, 9.17) is 4.74 Å². The Balaban J connectivity index is 1.95. The number of anilines is 1. The molecule has 0 unspecified atom stereocenters. The van der Waals surface area contributed by atoms with Gasteiger partial charge in [-0.2, -0.15) is 0 Å². The van der Waals surface area contributed by atoms with Crippen molar-refractivity contribution in [3.63, 3.8) is 0 Å². The zero-order valence-electron chi connectivity index (χ0n) is 11.7. The Morgan fingerprint density at radius 2 is 2.29 bits per heavy atom. The Morgan fingerprint density at radius 1 is 1.43 bits per heavy atom. The molecule has 6 nitrogen and oxygen atoms in total. The average Bonchev–Trinajstić information content (AvgIpc) is 3.12. The van der Waals surface area contributed by atoms with Crippen LogP contribution < -0.4 is 5.32 Å². The third-order valence-electron chi connectivity index (χ3n) is 3.30. The molecule has 0 fully saturated rings. The van der Waals surface area contributed by atoms with Crippen molar-refractivity contribution in [2.24, 2.45) is 0 Å². The van der Waals surface area contributed by atoms with Crippen LogP contribution in [0.1, 0.15) is 10.4 Å². The number of ether oxygens (including phenoxy) is 1. The summed E-state index contributed by atoms with van der Waals surface area (Å²) in [5.74, 6) is 0.256. The molecule has 0 saturated heterocycles. The first-order chi connectivity index (χ1) is 10.3. The van der Waals surface area contributed by atoms with Gasteiger partial charge in [0.25, 0.3) is 5.91 Å². The molecule has 0 radical (unpaired) electrons. The molecule has 0 bridgehead atoms. The Morgan fingerprint density at radius 3 is 3.05 bits per heavy atom. The minimum Gasteiger partial charge on any atom is -0.383 e. The smallest absolute Gasteiger partial charge is 0.260 e. The molecule has 0 aliphatic rings. The van der Waals surface area contributed by atoms with Crippen molar-refractivity contribution in [3.8, 4) is 0 Å². The second-order valence-corrected chi connectivity index (χ2v) is 4.64. The minimum absolute atomic E-state index is 0.183. The van der Waals surface area contributed by atoms with Crippen molar-refractivity contribution in [2.45, 2.75) is 6.54 Å². The fraction of sp³-hybridized carbons (Fsp3) is 0.200. The highest BCUT2D eigenvalue weighted by molar-refractivity contribution is 6.12. The molecule has 0 atom stereocenters. The van der Waals surface area contributed by atoms with E-state index in [1.807, 2.05) is 35.0 Å². The van der Waals surface area contributed by atoms with Crippen LogP contribution in [-0.2, 0) is 11.3 Å². The molecule has 1 aromatic carbocycles. The molecule has 3 aromatic rings. The lowest BCUT2D eigenvalue weighted by Crippen LogP contribution is -2.12. The van der Waals surface area contributed by atoms with Gasteiger partial charge in [0.1, 0.15) is 0 Å². The molecule has 108 valence electrons. The summed E-state index contributed by atoms with van der Waals surface area (Å²) >= 11 is 0. The van der Waals surface area contributed by atoms with Crippen molar-refractivity contribution in [2.75, 3.05) is 19.0 Å². The number of aromatic amines is 1. The van der Waals surface area contributed by atoms with Gasteiger partial charge in [0.05, 0.1) is 12.2 Å². The van der Waals surface area contributed by atoms with Crippen molar-refractivity contribution < 1.29 is 9.53 Å². The van der Waals surface area contributed by atoms with Crippen LogP contribution >= 0.6 is 0 Å². The van der Waals surface area contributed by atoms with E-state index in [2.05, 4.69) is 15.3 Å². The standard InChI is InChI=1S/C15H16N4O2/c1-21-9-8-19-10-12(11-4-2-3-5-13(11)19)14(20)18-15-16-6-7-17-15/h2-7,10H,8-9H2,1H3,(H2,16,17,18,20). The molecule has 6 heteroatoms. The number of carbonyl (C=O) groups is 1. The average molecular weight is 284 g/mol. The summed E-state index contributed by atoms with van der Waals surface area (Å²) < 4.78 is 7.14. The number of amides is 1. The van der Waals surface area contributed by atoms with Gasteiger partial charge in [-0.25, -0.2) is 4.98 Å². The third-order valence-corrected chi connectivity index (χ3v) is 3.30. The van der Waals surface area contributed by atoms with Crippen LogP contribution in [0.3, 0.4) is 0 Å². The van der Waals surface area contributed by atoms with Gasteiger partial charge in [0, 0.05) is 43.1 Å². The van der Waals surface area contributed by atoms with Gasteiger partial charge >= 0.3 is 0 Å². The van der Waals surface area contributed by atoms with E-state index in [0.717, 1.165) is 10.9 Å². The Kier molecular flexibility index (Phi) is 3.70. The number of aromatic nitrogens is 3. The Hall–Kier alpha value is -2.60. The third kappa shape index (κ3) is 2.66. The molecule has 21 heavy (non-hydrogen) atoms. The topological polar surface area (TPSA) is 71.9 Å². The maximum Gasteiger partial charge on any atom is 0.260 e. The number of nitrogens with zero attached hydrogens (tertiary/aromatic N) is 2. The molecule has 0 spiro atoms. The summed E-state index contributed by atoms with van der Waals surface area (Å²) in [5.41, 5.74) is 1.64. The normalized spacial score (nSPS) is 10.9. The maximum atomic E-state index is 12.4. The molecular formula is C15H16N4O2. The highest BCUT2D eigenvalue weighted by Crippen LogP contribution is 2.22. The number of hydrogen-bond acceptors (Lipinski definition) is 3. The van der Waals surface area contributed by atoms with Crippen LogP contribution in [0.15, 0.2) is 42.9 Å². The number of para-hydroxylation sites is 1. The summed E-state index contributed by atoms with van der Waals surface area (Å²) in [6.07, 6.45) is 5.11. The van der Waals surface area contributed by atoms with Crippen LogP contribution in [0.25, 0.3) is 10.9 Å². The predicted molar refractivity (Wildman–Crippen MR) is 80.4 cm³/mol. The van der Waals surface area contributed by atoms with E-state index in [-0.39, 0.29) is 5.91 Å². The number of hydrogen-bond donors (Lipinski definition) is 2. The number of carbonyl (C=O) groups excluding carboxylic acids is 1. The number of imidazole rings is 1. The summed E-state index contributed by atoms with van der Waals surface area (Å²) in [5, 5.41) is 3.66. The lowest BCUT2D eigenvalue weighted by molar-refractivity contribution is 0.102. The number of methoxy groups -OCH3 is 1. The fourth-order valence-electron chi connectivity index (χ4n) is 2.31.